The van der Waals surface area contributed by atoms with Crippen LogP contribution < -0.4 is 20.5 Å². The summed E-state index contributed by atoms with van der Waals surface area (Å²) in [7, 11) is 0. The number of nitrogens with zero attached hydrogens (tertiary/aromatic N) is 2. The third-order valence-electron chi connectivity index (χ3n) is 5.31. The molecular formula is C22H25N5O4. The van der Waals surface area contributed by atoms with Crippen LogP contribution in [0, 0.1) is 5.41 Å². The molecule has 0 spiro atoms. The lowest BCUT2D eigenvalue weighted by Gasteiger charge is -2.29. The first-order valence-corrected chi connectivity index (χ1v) is 10.1. The summed E-state index contributed by atoms with van der Waals surface area (Å²) in [5, 5.41) is 20.5. The average molecular weight is 423 g/mol. The summed E-state index contributed by atoms with van der Waals surface area (Å²) in [6, 6.07) is 12.4. The van der Waals surface area contributed by atoms with Gasteiger partial charge in [0.2, 0.25) is 6.10 Å². The van der Waals surface area contributed by atoms with Crippen molar-refractivity contribution in [3.8, 4) is 11.5 Å². The lowest BCUT2D eigenvalue weighted by molar-refractivity contribution is -0.145. The maximum Gasteiger partial charge on any atom is 0.349 e. The molecule has 0 bridgehead atoms. The van der Waals surface area contributed by atoms with Gasteiger partial charge in [-0.1, -0.05) is 18.2 Å². The van der Waals surface area contributed by atoms with Crippen LogP contribution in [0.1, 0.15) is 22.8 Å². The number of nitrogens with one attached hydrogen (secondary N) is 2. The van der Waals surface area contributed by atoms with Gasteiger partial charge in [-0.3, -0.25) is 10.4 Å². The fraction of sp³-hybridized carbons (Fsp3) is 0.318. The quantitative estimate of drug-likeness (QED) is 0.392. The maximum atomic E-state index is 11.9. The summed E-state index contributed by atoms with van der Waals surface area (Å²) < 4.78 is 11.5. The van der Waals surface area contributed by atoms with Crippen molar-refractivity contribution in [2.45, 2.75) is 19.1 Å². The SMILES string of the molecule is N=C(N)N1CCc2ccc(OC(C(=O)O)c3ccc(OCC4=NCCN4)cc3)cc2C1. The molecule has 4 rings (SSSR count). The Morgan fingerprint density at radius 2 is 2.00 bits per heavy atom. The van der Waals surface area contributed by atoms with Gasteiger partial charge in [0.25, 0.3) is 0 Å². The predicted octanol–water partition coefficient (Wildman–Crippen LogP) is 1.52. The van der Waals surface area contributed by atoms with Crippen molar-refractivity contribution >= 4 is 17.8 Å². The monoisotopic (exact) mass is 423 g/mol. The van der Waals surface area contributed by atoms with Crippen LogP contribution in [0.5, 0.6) is 11.5 Å². The normalized spacial score (nSPS) is 16.0. The van der Waals surface area contributed by atoms with E-state index in [1.54, 1.807) is 35.2 Å². The van der Waals surface area contributed by atoms with Gasteiger partial charge in [-0.05, 0) is 41.8 Å². The van der Waals surface area contributed by atoms with Crippen LogP contribution in [-0.4, -0.2) is 54.0 Å². The molecule has 0 aliphatic carbocycles. The van der Waals surface area contributed by atoms with E-state index >= 15 is 0 Å². The minimum Gasteiger partial charge on any atom is -0.486 e. The second kappa shape index (κ2) is 8.95. The van der Waals surface area contributed by atoms with Crippen LogP contribution in [0.3, 0.4) is 0 Å². The molecular weight excluding hydrogens is 398 g/mol. The first-order valence-electron chi connectivity index (χ1n) is 10.1. The van der Waals surface area contributed by atoms with Gasteiger partial charge in [-0.25, -0.2) is 4.79 Å². The summed E-state index contributed by atoms with van der Waals surface area (Å²) in [6.45, 7) is 3.13. The van der Waals surface area contributed by atoms with Gasteiger partial charge in [0.1, 0.15) is 23.9 Å². The number of benzene rings is 2. The third-order valence-corrected chi connectivity index (χ3v) is 5.31. The molecule has 2 aliphatic rings. The van der Waals surface area contributed by atoms with Crippen LogP contribution in [0.25, 0.3) is 0 Å². The van der Waals surface area contributed by atoms with Gasteiger partial charge in [0.15, 0.2) is 5.96 Å². The number of carbonyl (C=O) groups is 1. The van der Waals surface area contributed by atoms with Crippen molar-refractivity contribution in [1.82, 2.24) is 10.2 Å². The Hall–Kier alpha value is -3.75. The largest absolute Gasteiger partial charge is 0.486 e. The molecule has 2 heterocycles. The number of aliphatic imine (C=N–C) groups is 1. The highest BCUT2D eigenvalue weighted by Gasteiger charge is 2.24. The van der Waals surface area contributed by atoms with E-state index in [2.05, 4.69) is 10.3 Å². The lowest BCUT2D eigenvalue weighted by Crippen LogP contribution is -2.40. The molecule has 2 aromatic rings. The summed E-state index contributed by atoms with van der Waals surface area (Å²) in [5.41, 5.74) is 8.26. The van der Waals surface area contributed by atoms with Crippen LogP contribution in [0.4, 0.5) is 0 Å². The molecule has 1 unspecified atom stereocenters. The van der Waals surface area contributed by atoms with Gasteiger partial charge in [-0.15, -0.1) is 0 Å². The molecule has 5 N–H and O–H groups in total. The fourth-order valence-electron chi connectivity index (χ4n) is 3.64. The summed E-state index contributed by atoms with van der Waals surface area (Å²) in [6.07, 6.45) is -0.374. The number of guanidine groups is 1. The predicted molar refractivity (Wildman–Crippen MR) is 116 cm³/mol. The molecule has 9 heteroatoms. The number of ether oxygens (including phenoxy) is 2. The van der Waals surface area contributed by atoms with E-state index in [4.69, 9.17) is 20.6 Å². The Balaban J connectivity index is 1.45. The standard InChI is InChI=1S/C22H25N5O4/c23-22(24)27-10-7-14-1-6-18(11-16(14)12-27)31-20(21(28)29)15-2-4-17(5-3-15)30-13-19-25-8-9-26-19/h1-6,11,20H,7-10,12-13H2,(H3,23,24)(H,25,26)(H,28,29). The number of hydrogen-bond donors (Lipinski definition) is 4. The fourth-order valence-corrected chi connectivity index (χ4v) is 3.64. The molecule has 162 valence electrons. The number of hydrogen-bond acceptors (Lipinski definition) is 6. The molecule has 1 atom stereocenters. The number of rotatable bonds is 7. The van der Waals surface area contributed by atoms with E-state index in [-0.39, 0.29) is 5.96 Å². The van der Waals surface area contributed by atoms with E-state index in [1.165, 1.54) is 0 Å². The second-order valence-electron chi connectivity index (χ2n) is 7.44. The minimum absolute atomic E-state index is 0.0264. The van der Waals surface area contributed by atoms with Crippen LogP contribution in [0.2, 0.25) is 0 Å². The highest BCUT2D eigenvalue weighted by atomic mass is 16.5. The molecule has 0 fully saturated rings. The summed E-state index contributed by atoms with van der Waals surface area (Å²) >= 11 is 0. The number of nitrogens with two attached hydrogens (primary N) is 1. The molecule has 0 saturated heterocycles. The lowest BCUT2D eigenvalue weighted by atomic mass is 9.99. The van der Waals surface area contributed by atoms with Crippen LogP contribution >= 0.6 is 0 Å². The second-order valence-corrected chi connectivity index (χ2v) is 7.44. The number of aliphatic carboxylic acids is 1. The maximum absolute atomic E-state index is 11.9. The highest BCUT2D eigenvalue weighted by Crippen LogP contribution is 2.28. The first-order chi connectivity index (χ1) is 15.0. The van der Waals surface area contributed by atoms with Crippen LogP contribution in [-0.2, 0) is 17.8 Å². The van der Waals surface area contributed by atoms with Crippen molar-refractivity contribution in [3.63, 3.8) is 0 Å². The van der Waals surface area contributed by atoms with Gasteiger partial charge in [0.05, 0.1) is 6.54 Å². The minimum atomic E-state index is -1.15. The molecule has 0 radical (unpaired) electrons. The van der Waals surface area contributed by atoms with E-state index in [9.17, 15) is 9.90 Å². The Morgan fingerprint density at radius 3 is 2.68 bits per heavy atom. The summed E-state index contributed by atoms with van der Waals surface area (Å²) in [5.74, 6) is 0.843. The Bertz CT molecular complexity index is 1010. The third kappa shape index (κ3) is 4.88. The number of carboxylic acids is 1. The molecule has 9 nitrogen and oxygen atoms in total. The van der Waals surface area contributed by atoms with Gasteiger partial charge >= 0.3 is 5.97 Å². The Labute approximate surface area is 180 Å². The van der Waals surface area contributed by atoms with Crippen molar-refractivity contribution in [3.05, 3.63) is 59.2 Å². The zero-order valence-electron chi connectivity index (χ0n) is 17.0. The van der Waals surface area contributed by atoms with Gasteiger partial charge in [0, 0.05) is 25.2 Å². The van der Waals surface area contributed by atoms with Gasteiger partial charge < -0.3 is 30.5 Å². The first kappa shape index (κ1) is 20.5. The van der Waals surface area contributed by atoms with E-state index in [1.807, 2.05) is 12.1 Å². The zero-order chi connectivity index (χ0) is 21.8. The smallest absolute Gasteiger partial charge is 0.349 e. The highest BCUT2D eigenvalue weighted by molar-refractivity contribution is 5.85. The molecule has 31 heavy (non-hydrogen) atoms. The van der Waals surface area contributed by atoms with E-state index in [0.717, 1.165) is 36.5 Å². The van der Waals surface area contributed by atoms with Gasteiger partial charge in [-0.2, -0.15) is 0 Å². The van der Waals surface area contributed by atoms with Crippen molar-refractivity contribution < 1.29 is 19.4 Å². The molecule has 0 amide bonds. The average Bonchev–Trinajstić information content (AvgIpc) is 3.29. The zero-order valence-corrected chi connectivity index (χ0v) is 17.0. The van der Waals surface area contributed by atoms with Crippen molar-refractivity contribution in [2.24, 2.45) is 10.7 Å². The number of fused-ring (bicyclic) bond motifs is 1. The van der Waals surface area contributed by atoms with Crippen molar-refractivity contribution in [2.75, 3.05) is 26.2 Å². The topological polar surface area (TPSA) is 133 Å². The molecule has 2 aliphatic heterocycles. The van der Waals surface area contributed by atoms with Crippen molar-refractivity contribution in [1.29, 1.82) is 5.41 Å². The molecule has 0 aromatic heterocycles. The van der Waals surface area contributed by atoms with E-state index in [0.29, 0.717) is 36.8 Å². The Morgan fingerprint density at radius 1 is 1.23 bits per heavy atom. The summed E-state index contributed by atoms with van der Waals surface area (Å²) in [4.78, 5) is 17.9. The number of carboxylic acid groups (broad SMARTS) is 1. The number of amidine groups is 1. The van der Waals surface area contributed by atoms with Crippen LogP contribution in [0.15, 0.2) is 47.5 Å². The Kier molecular flexibility index (Phi) is 5.92. The molecule has 2 aromatic carbocycles. The van der Waals surface area contributed by atoms with E-state index < -0.39 is 12.1 Å². The molecule has 0 saturated carbocycles.